The number of sulfone groups is 1. The monoisotopic (exact) mass is 386 g/mol. The van der Waals surface area contributed by atoms with Gasteiger partial charge in [0, 0.05) is 22.8 Å². The zero-order chi connectivity index (χ0) is 17.3. The Morgan fingerprint density at radius 3 is 2.71 bits per heavy atom. The molecule has 0 amide bonds. The van der Waals surface area contributed by atoms with Crippen LogP contribution in [0.1, 0.15) is 12.1 Å². The molecular weight excluding hydrogens is 371 g/mol. The van der Waals surface area contributed by atoms with E-state index in [4.69, 9.17) is 23.2 Å². The molecule has 1 aliphatic rings. The molecule has 1 aliphatic heterocycles. The van der Waals surface area contributed by atoms with E-state index >= 15 is 0 Å². The molecule has 1 aromatic heterocycles. The molecule has 1 atom stereocenters. The zero-order valence-electron chi connectivity index (χ0n) is 12.9. The van der Waals surface area contributed by atoms with Crippen molar-refractivity contribution in [3.8, 4) is 0 Å². The van der Waals surface area contributed by atoms with Gasteiger partial charge in [0.1, 0.15) is 5.82 Å². The van der Waals surface area contributed by atoms with Crippen LogP contribution in [0.3, 0.4) is 0 Å². The molecule has 2 aromatic rings. The summed E-state index contributed by atoms with van der Waals surface area (Å²) in [6, 6.07) is 6.71. The number of benzene rings is 1. The highest BCUT2D eigenvalue weighted by Gasteiger charge is 2.28. The van der Waals surface area contributed by atoms with Gasteiger partial charge in [0.25, 0.3) is 0 Å². The number of nitrogens with zero attached hydrogens (tertiary/aromatic N) is 2. The molecule has 9 heteroatoms. The molecule has 3 rings (SSSR count). The van der Waals surface area contributed by atoms with Crippen LogP contribution < -0.4 is 10.6 Å². The number of halogens is 2. The first kappa shape index (κ1) is 17.3. The molecular formula is C15H16Cl2N4O2S. The van der Waals surface area contributed by atoms with Gasteiger partial charge in [-0.3, -0.25) is 0 Å². The molecule has 2 N–H and O–H groups in total. The van der Waals surface area contributed by atoms with E-state index in [1.807, 2.05) is 6.92 Å². The average molecular weight is 387 g/mol. The fourth-order valence-electron chi connectivity index (χ4n) is 2.52. The summed E-state index contributed by atoms with van der Waals surface area (Å²) < 4.78 is 23.1. The predicted octanol–water partition coefficient (Wildman–Crippen LogP) is 3.43. The fraction of sp³-hybridized carbons (Fsp3) is 0.333. The van der Waals surface area contributed by atoms with E-state index in [1.54, 1.807) is 24.3 Å². The van der Waals surface area contributed by atoms with Crippen molar-refractivity contribution in [2.45, 2.75) is 19.4 Å². The lowest BCUT2D eigenvalue weighted by Gasteiger charge is -2.14. The second-order valence-corrected chi connectivity index (χ2v) is 8.78. The first-order valence-corrected chi connectivity index (χ1v) is 9.93. The first-order chi connectivity index (χ1) is 11.3. The van der Waals surface area contributed by atoms with Crippen molar-refractivity contribution < 1.29 is 8.42 Å². The number of hydrogen-bond donors (Lipinski definition) is 2. The van der Waals surface area contributed by atoms with Gasteiger partial charge in [-0.15, -0.1) is 0 Å². The van der Waals surface area contributed by atoms with Gasteiger partial charge in [-0.1, -0.05) is 23.2 Å². The van der Waals surface area contributed by atoms with Gasteiger partial charge in [-0.25, -0.2) is 13.4 Å². The highest BCUT2D eigenvalue weighted by atomic mass is 35.5. The van der Waals surface area contributed by atoms with Gasteiger partial charge < -0.3 is 10.6 Å². The number of rotatable bonds is 4. The van der Waals surface area contributed by atoms with Crippen molar-refractivity contribution >= 4 is 50.5 Å². The van der Waals surface area contributed by atoms with Gasteiger partial charge in [-0.05, 0) is 31.5 Å². The summed E-state index contributed by atoms with van der Waals surface area (Å²) >= 11 is 12.1. The minimum atomic E-state index is -2.96. The van der Waals surface area contributed by atoms with Crippen LogP contribution in [0.5, 0.6) is 0 Å². The Kier molecular flexibility index (Phi) is 4.85. The van der Waals surface area contributed by atoms with Crippen molar-refractivity contribution in [3.63, 3.8) is 0 Å². The molecule has 0 bridgehead atoms. The first-order valence-electron chi connectivity index (χ1n) is 7.35. The molecule has 1 fully saturated rings. The molecule has 2 heterocycles. The lowest BCUT2D eigenvalue weighted by molar-refractivity contribution is 0.602. The molecule has 1 saturated heterocycles. The second kappa shape index (κ2) is 6.74. The normalized spacial score (nSPS) is 19.2. The zero-order valence-corrected chi connectivity index (χ0v) is 15.2. The molecule has 6 nitrogen and oxygen atoms in total. The Bertz CT molecular complexity index is 874. The van der Waals surface area contributed by atoms with Crippen LogP contribution in [0.2, 0.25) is 10.0 Å². The SMILES string of the molecule is Cc1cc(Nc2cc(Cl)ccc2Cl)nc(NC2CCS(=O)(=O)C2)n1. The summed E-state index contributed by atoms with van der Waals surface area (Å²) in [7, 11) is -2.96. The lowest BCUT2D eigenvalue weighted by Crippen LogP contribution is -2.22. The van der Waals surface area contributed by atoms with Crippen molar-refractivity contribution in [3.05, 3.63) is 40.0 Å². The summed E-state index contributed by atoms with van der Waals surface area (Å²) in [4.78, 5) is 8.69. The molecule has 1 aromatic carbocycles. The second-order valence-electron chi connectivity index (χ2n) is 5.71. The Balaban J connectivity index is 1.80. The number of anilines is 3. The van der Waals surface area contributed by atoms with E-state index in [1.165, 1.54) is 0 Å². The fourth-order valence-corrected chi connectivity index (χ4v) is 4.53. The molecule has 0 radical (unpaired) electrons. The largest absolute Gasteiger partial charge is 0.350 e. The molecule has 128 valence electrons. The van der Waals surface area contributed by atoms with E-state index < -0.39 is 9.84 Å². The van der Waals surface area contributed by atoms with E-state index in [0.717, 1.165) is 5.69 Å². The van der Waals surface area contributed by atoms with Crippen molar-refractivity contribution in [1.29, 1.82) is 0 Å². The summed E-state index contributed by atoms with van der Waals surface area (Å²) in [6.07, 6.45) is 0.558. The quantitative estimate of drug-likeness (QED) is 0.836. The topological polar surface area (TPSA) is 84.0 Å². The minimum Gasteiger partial charge on any atom is -0.350 e. The van der Waals surface area contributed by atoms with Gasteiger partial charge in [0.05, 0.1) is 22.2 Å². The van der Waals surface area contributed by atoms with Gasteiger partial charge >= 0.3 is 0 Å². The van der Waals surface area contributed by atoms with Crippen LogP contribution in [0.25, 0.3) is 0 Å². The lowest BCUT2D eigenvalue weighted by atomic mass is 10.3. The van der Waals surface area contributed by atoms with Crippen LogP contribution in [0, 0.1) is 6.92 Å². The molecule has 0 aliphatic carbocycles. The Labute approximate surface area is 150 Å². The van der Waals surface area contributed by atoms with Gasteiger partial charge in [0.15, 0.2) is 9.84 Å². The van der Waals surface area contributed by atoms with Crippen LogP contribution in [-0.4, -0.2) is 35.9 Å². The molecule has 1 unspecified atom stereocenters. The van der Waals surface area contributed by atoms with Crippen molar-refractivity contribution in [2.24, 2.45) is 0 Å². The van der Waals surface area contributed by atoms with Crippen LogP contribution in [-0.2, 0) is 9.84 Å². The highest BCUT2D eigenvalue weighted by Crippen LogP contribution is 2.28. The summed E-state index contributed by atoms with van der Waals surface area (Å²) in [5.41, 5.74) is 1.38. The Morgan fingerprint density at radius 2 is 2.00 bits per heavy atom. The van der Waals surface area contributed by atoms with Gasteiger partial charge in [0.2, 0.25) is 5.95 Å². The van der Waals surface area contributed by atoms with Crippen LogP contribution in [0.4, 0.5) is 17.5 Å². The highest BCUT2D eigenvalue weighted by molar-refractivity contribution is 7.91. The molecule has 0 saturated carbocycles. The standard InChI is InChI=1S/C15H16Cl2N4O2S/c1-9-6-14(20-13-7-10(16)2-3-12(13)17)21-15(18-9)19-11-4-5-24(22,23)8-11/h2-3,6-7,11H,4-5,8H2,1H3,(H2,18,19,20,21). The Morgan fingerprint density at radius 1 is 1.21 bits per heavy atom. The third-order valence-corrected chi connectivity index (χ3v) is 5.94. The average Bonchev–Trinajstić information content (AvgIpc) is 2.81. The third kappa shape index (κ3) is 4.28. The van der Waals surface area contributed by atoms with E-state index in [-0.39, 0.29) is 17.5 Å². The van der Waals surface area contributed by atoms with Crippen LogP contribution in [0.15, 0.2) is 24.3 Å². The van der Waals surface area contributed by atoms with Crippen molar-refractivity contribution in [2.75, 3.05) is 22.1 Å². The number of aromatic nitrogens is 2. The smallest absolute Gasteiger partial charge is 0.225 e. The van der Waals surface area contributed by atoms with Crippen LogP contribution >= 0.6 is 23.2 Å². The van der Waals surface area contributed by atoms with E-state index in [0.29, 0.717) is 33.9 Å². The maximum absolute atomic E-state index is 11.6. The number of hydrogen-bond acceptors (Lipinski definition) is 6. The molecule has 24 heavy (non-hydrogen) atoms. The molecule has 0 spiro atoms. The van der Waals surface area contributed by atoms with E-state index in [9.17, 15) is 8.42 Å². The summed E-state index contributed by atoms with van der Waals surface area (Å²) in [5.74, 6) is 1.24. The third-order valence-electron chi connectivity index (χ3n) is 3.61. The maximum Gasteiger partial charge on any atom is 0.225 e. The number of nitrogens with one attached hydrogen (secondary N) is 2. The number of aryl methyl sites for hydroxylation is 1. The van der Waals surface area contributed by atoms with E-state index in [2.05, 4.69) is 20.6 Å². The predicted molar refractivity (Wildman–Crippen MR) is 97.2 cm³/mol. The maximum atomic E-state index is 11.6. The minimum absolute atomic E-state index is 0.104. The summed E-state index contributed by atoms with van der Waals surface area (Å²) in [5, 5.41) is 7.28. The summed E-state index contributed by atoms with van der Waals surface area (Å²) in [6.45, 7) is 1.84. The Hall–Kier alpha value is -1.57. The van der Waals surface area contributed by atoms with Gasteiger partial charge in [-0.2, -0.15) is 4.98 Å². The van der Waals surface area contributed by atoms with Crippen molar-refractivity contribution in [1.82, 2.24) is 9.97 Å².